The fraction of sp³-hybridized carbons (Fsp3) is 0.200. The molecule has 3 rings (SSSR count). The zero-order valence-electron chi connectivity index (χ0n) is 14.5. The van der Waals surface area contributed by atoms with Crippen LogP contribution in [-0.4, -0.2) is 16.1 Å². The van der Waals surface area contributed by atoms with Gasteiger partial charge in [0.25, 0.3) is 0 Å². The molecule has 3 aromatic rings. The molecule has 0 fully saturated rings. The Labute approximate surface area is 159 Å². The van der Waals surface area contributed by atoms with Crippen molar-refractivity contribution in [1.82, 2.24) is 4.98 Å². The molecule has 0 aliphatic rings. The van der Waals surface area contributed by atoms with Crippen molar-refractivity contribution in [2.24, 2.45) is 0 Å². The first-order chi connectivity index (χ1) is 12.9. The first-order valence-electron chi connectivity index (χ1n) is 8.37. The molecule has 1 amide bonds. The number of amides is 1. The minimum Gasteiger partial charge on any atom is -0.325 e. The normalized spacial score (nSPS) is 12.7. The molecule has 1 aromatic heterocycles. The maximum absolute atomic E-state index is 12.8. The zero-order chi connectivity index (χ0) is 19.4. The number of aromatic nitrogens is 1. The molecule has 27 heavy (non-hydrogen) atoms. The number of hydrogen-bond acceptors (Lipinski definition) is 3. The van der Waals surface area contributed by atoms with Crippen LogP contribution in [0.5, 0.6) is 0 Å². The van der Waals surface area contributed by atoms with Crippen LogP contribution in [0.1, 0.15) is 18.9 Å². The Bertz CT molecular complexity index is 959. The van der Waals surface area contributed by atoms with Crippen LogP contribution in [0.2, 0.25) is 0 Å². The van der Waals surface area contributed by atoms with Crippen molar-refractivity contribution in [1.29, 1.82) is 0 Å². The SMILES string of the molecule is CCC(Sc1ccc2ccccc2n1)C(=O)Nc1cccc(C(F)(F)F)c1. The molecule has 0 radical (unpaired) electrons. The number of para-hydroxylation sites is 1. The van der Waals surface area contributed by atoms with E-state index >= 15 is 0 Å². The number of hydrogen-bond donors (Lipinski definition) is 1. The summed E-state index contributed by atoms with van der Waals surface area (Å²) >= 11 is 1.30. The minimum absolute atomic E-state index is 0.125. The third kappa shape index (κ3) is 4.80. The first-order valence-corrected chi connectivity index (χ1v) is 9.25. The summed E-state index contributed by atoms with van der Waals surface area (Å²) in [5, 5.41) is 3.81. The van der Waals surface area contributed by atoms with Crippen molar-refractivity contribution in [2.45, 2.75) is 29.8 Å². The van der Waals surface area contributed by atoms with Gasteiger partial charge in [0.15, 0.2) is 0 Å². The van der Waals surface area contributed by atoms with E-state index in [1.165, 1.54) is 23.9 Å². The smallest absolute Gasteiger partial charge is 0.325 e. The number of halogens is 3. The number of anilines is 1. The van der Waals surface area contributed by atoms with Gasteiger partial charge >= 0.3 is 6.18 Å². The van der Waals surface area contributed by atoms with E-state index in [0.29, 0.717) is 11.4 Å². The van der Waals surface area contributed by atoms with E-state index in [9.17, 15) is 18.0 Å². The standard InChI is InChI=1S/C20H17F3N2OS/c1-2-17(27-18-11-10-13-6-3-4-9-16(13)25-18)19(26)24-15-8-5-7-14(12-15)20(21,22)23/h3-12,17H,2H2,1H3,(H,24,26). The van der Waals surface area contributed by atoms with Crippen molar-refractivity contribution in [3.05, 3.63) is 66.2 Å². The second-order valence-electron chi connectivity index (χ2n) is 5.92. The number of nitrogens with one attached hydrogen (secondary N) is 1. The molecule has 1 atom stereocenters. The lowest BCUT2D eigenvalue weighted by Gasteiger charge is -2.15. The number of alkyl halides is 3. The summed E-state index contributed by atoms with van der Waals surface area (Å²) in [6.45, 7) is 1.85. The van der Waals surface area contributed by atoms with Crippen LogP contribution in [0, 0.1) is 0 Å². The summed E-state index contributed by atoms with van der Waals surface area (Å²) in [4.78, 5) is 17.1. The quantitative estimate of drug-likeness (QED) is 0.563. The molecule has 0 bridgehead atoms. The Kier molecular flexibility index (Phi) is 5.70. The van der Waals surface area contributed by atoms with Crippen LogP contribution in [-0.2, 0) is 11.0 Å². The van der Waals surface area contributed by atoms with Crippen molar-refractivity contribution in [3.8, 4) is 0 Å². The molecule has 0 aliphatic carbocycles. The maximum atomic E-state index is 12.8. The van der Waals surface area contributed by atoms with Crippen molar-refractivity contribution in [2.75, 3.05) is 5.32 Å². The van der Waals surface area contributed by atoms with E-state index in [4.69, 9.17) is 0 Å². The van der Waals surface area contributed by atoms with E-state index in [-0.39, 0.29) is 11.6 Å². The minimum atomic E-state index is -4.45. The van der Waals surface area contributed by atoms with Gasteiger partial charge in [-0.3, -0.25) is 4.79 Å². The lowest BCUT2D eigenvalue weighted by molar-refractivity contribution is -0.137. The molecule has 0 saturated carbocycles. The Morgan fingerprint density at radius 1 is 1.11 bits per heavy atom. The molecule has 1 heterocycles. The molecule has 7 heteroatoms. The molecule has 140 valence electrons. The number of carbonyl (C=O) groups is 1. The van der Waals surface area contributed by atoms with Gasteiger partial charge in [0.1, 0.15) is 0 Å². The highest BCUT2D eigenvalue weighted by Crippen LogP contribution is 2.31. The van der Waals surface area contributed by atoms with Crippen LogP contribution < -0.4 is 5.32 Å². The van der Waals surface area contributed by atoms with Crippen molar-refractivity contribution in [3.63, 3.8) is 0 Å². The summed E-state index contributed by atoms with van der Waals surface area (Å²) < 4.78 is 38.5. The Balaban J connectivity index is 1.74. The largest absolute Gasteiger partial charge is 0.416 e. The predicted octanol–water partition coefficient (Wildman–Crippen LogP) is 5.76. The number of nitrogens with zero attached hydrogens (tertiary/aromatic N) is 1. The lowest BCUT2D eigenvalue weighted by Crippen LogP contribution is -2.24. The topological polar surface area (TPSA) is 42.0 Å². The number of benzene rings is 2. The molecule has 0 aliphatic heterocycles. The number of carbonyl (C=O) groups excluding carboxylic acids is 1. The number of thioether (sulfide) groups is 1. The average molecular weight is 390 g/mol. The number of fused-ring (bicyclic) bond motifs is 1. The fourth-order valence-corrected chi connectivity index (χ4v) is 3.50. The van der Waals surface area contributed by atoms with Crippen LogP contribution in [0.3, 0.4) is 0 Å². The summed E-state index contributed by atoms with van der Waals surface area (Å²) in [5.74, 6) is -0.350. The van der Waals surface area contributed by atoms with E-state index in [0.717, 1.165) is 23.0 Å². The predicted molar refractivity (Wildman–Crippen MR) is 102 cm³/mol. The van der Waals surface area contributed by atoms with E-state index in [1.807, 2.05) is 43.3 Å². The molecule has 1 N–H and O–H groups in total. The molecule has 0 spiro atoms. The van der Waals surface area contributed by atoms with E-state index in [1.54, 1.807) is 0 Å². The third-order valence-corrected chi connectivity index (χ3v) is 5.26. The molecule has 0 saturated heterocycles. The average Bonchev–Trinajstić information content (AvgIpc) is 2.65. The highest BCUT2D eigenvalue weighted by Gasteiger charge is 2.30. The molecule has 3 nitrogen and oxygen atoms in total. The van der Waals surface area contributed by atoms with E-state index in [2.05, 4.69) is 10.3 Å². The van der Waals surface area contributed by atoms with Gasteiger partial charge < -0.3 is 5.32 Å². The summed E-state index contributed by atoms with van der Waals surface area (Å²) in [6, 6.07) is 16.1. The third-order valence-electron chi connectivity index (χ3n) is 3.96. The Morgan fingerprint density at radius 3 is 2.63 bits per heavy atom. The number of rotatable bonds is 5. The molecular formula is C20H17F3N2OS. The lowest BCUT2D eigenvalue weighted by atomic mass is 10.2. The zero-order valence-corrected chi connectivity index (χ0v) is 15.3. The molecule has 1 unspecified atom stereocenters. The molecule has 2 aromatic carbocycles. The van der Waals surface area contributed by atoms with Gasteiger partial charge in [0, 0.05) is 11.1 Å². The first kappa shape index (κ1) is 19.2. The second-order valence-corrected chi connectivity index (χ2v) is 7.15. The summed E-state index contributed by atoms with van der Waals surface area (Å²) in [6.07, 6.45) is -3.93. The monoisotopic (exact) mass is 390 g/mol. The van der Waals surface area contributed by atoms with Gasteiger partial charge in [0.05, 0.1) is 21.4 Å². The van der Waals surface area contributed by atoms with Gasteiger partial charge in [-0.1, -0.05) is 49.0 Å². The summed E-state index contributed by atoms with van der Waals surface area (Å²) in [5.41, 5.74) is 0.160. The fourth-order valence-electron chi connectivity index (χ4n) is 2.58. The maximum Gasteiger partial charge on any atom is 0.416 e. The van der Waals surface area contributed by atoms with E-state index < -0.39 is 17.0 Å². The highest BCUT2D eigenvalue weighted by molar-refractivity contribution is 8.00. The molecular weight excluding hydrogens is 373 g/mol. The van der Waals surface area contributed by atoms with Crippen LogP contribution >= 0.6 is 11.8 Å². The van der Waals surface area contributed by atoms with Crippen molar-refractivity contribution < 1.29 is 18.0 Å². The van der Waals surface area contributed by atoms with Crippen molar-refractivity contribution >= 4 is 34.3 Å². The Morgan fingerprint density at radius 2 is 1.89 bits per heavy atom. The second kappa shape index (κ2) is 8.00. The van der Waals surface area contributed by atoms with Gasteiger partial charge in [-0.15, -0.1) is 0 Å². The highest BCUT2D eigenvalue weighted by atomic mass is 32.2. The van der Waals surface area contributed by atoms with Gasteiger partial charge in [0.2, 0.25) is 5.91 Å². The number of pyridine rings is 1. The van der Waals surface area contributed by atoms with Crippen LogP contribution in [0.25, 0.3) is 10.9 Å². The Hall–Kier alpha value is -2.54. The summed E-state index contributed by atoms with van der Waals surface area (Å²) in [7, 11) is 0. The van der Waals surface area contributed by atoms with Gasteiger partial charge in [-0.2, -0.15) is 13.2 Å². The van der Waals surface area contributed by atoms with Gasteiger partial charge in [-0.05, 0) is 36.8 Å². The van der Waals surface area contributed by atoms with Crippen LogP contribution in [0.4, 0.5) is 18.9 Å². The van der Waals surface area contributed by atoms with Gasteiger partial charge in [-0.25, -0.2) is 4.98 Å². The van der Waals surface area contributed by atoms with Crippen LogP contribution in [0.15, 0.2) is 65.7 Å².